The number of ether oxygens (including phenoxy) is 1. The Morgan fingerprint density at radius 2 is 2.31 bits per heavy atom. The maximum absolute atomic E-state index is 11.9. The molecule has 1 N–H and O–H groups in total. The molecule has 1 fully saturated rings. The Bertz CT molecular complexity index is 209. The molecule has 1 unspecified atom stereocenters. The molecule has 0 bridgehead atoms. The second-order valence-corrected chi connectivity index (χ2v) is 4.27. The minimum atomic E-state index is 0.0327. The molecule has 1 saturated heterocycles. The predicted octanol–water partition coefficient (Wildman–Crippen LogP) is 1.01. The molecule has 1 aliphatic rings. The first-order valence-corrected chi connectivity index (χ1v) is 6.33. The quantitative estimate of drug-likeness (QED) is 0.661. The van der Waals surface area contributed by atoms with Crippen molar-refractivity contribution in [3.63, 3.8) is 0 Å². The number of likely N-dealkylation sites (tertiary alicyclic amines) is 1. The zero-order valence-corrected chi connectivity index (χ0v) is 10.5. The van der Waals surface area contributed by atoms with E-state index >= 15 is 0 Å². The summed E-state index contributed by atoms with van der Waals surface area (Å²) in [7, 11) is 1.86. The molecular weight excluding hydrogens is 204 g/mol. The van der Waals surface area contributed by atoms with Crippen LogP contribution in [-0.2, 0) is 9.53 Å². The summed E-state index contributed by atoms with van der Waals surface area (Å²) in [5.74, 6) is 0.254. The highest BCUT2D eigenvalue weighted by Gasteiger charge is 2.26. The van der Waals surface area contributed by atoms with Crippen LogP contribution in [-0.4, -0.2) is 50.2 Å². The Labute approximate surface area is 98.3 Å². The van der Waals surface area contributed by atoms with E-state index in [2.05, 4.69) is 12.2 Å². The van der Waals surface area contributed by atoms with E-state index in [1.807, 2.05) is 11.9 Å². The number of carbonyl (C=O) groups excluding carboxylic acids is 1. The van der Waals surface area contributed by atoms with Gasteiger partial charge in [0.05, 0.1) is 6.04 Å². The van der Waals surface area contributed by atoms with E-state index in [0.717, 1.165) is 52.0 Å². The smallest absolute Gasteiger partial charge is 0.239 e. The van der Waals surface area contributed by atoms with Crippen molar-refractivity contribution in [3.05, 3.63) is 0 Å². The van der Waals surface area contributed by atoms with Crippen LogP contribution < -0.4 is 5.32 Å². The van der Waals surface area contributed by atoms with Crippen LogP contribution in [0.4, 0.5) is 0 Å². The van der Waals surface area contributed by atoms with Crippen LogP contribution in [0, 0.1) is 0 Å². The SMILES string of the molecule is CCCOCCCN1CCCC(NC)C1=O. The monoisotopic (exact) mass is 228 g/mol. The first kappa shape index (κ1) is 13.5. The summed E-state index contributed by atoms with van der Waals surface area (Å²) >= 11 is 0. The molecule has 1 heterocycles. The van der Waals surface area contributed by atoms with Gasteiger partial charge in [-0.05, 0) is 32.7 Å². The fourth-order valence-corrected chi connectivity index (χ4v) is 2.03. The number of carbonyl (C=O) groups is 1. The zero-order chi connectivity index (χ0) is 11.8. The third kappa shape index (κ3) is 4.10. The van der Waals surface area contributed by atoms with Gasteiger partial charge < -0.3 is 15.0 Å². The molecule has 0 spiro atoms. The number of nitrogens with one attached hydrogen (secondary N) is 1. The molecule has 1 rings (SSSR count). The number of piperidine rings is 1. The zero-order valence-electron chi connectivity index (χ0n) is 10.5. The summed E-state index contributed by atoms with van der Waals surface area (Å²) in [4.78, 5) is 13.9. The average molecular weight is 228 g/mol. The Hall–Kier alpha value is -0.610. The van der Waals surface area contributed by atoms with Crippen molar-refractivity contribution in [2.45, 2.75) is 38.6 Å². The molecule has 0 aliphatic carbocycles. The van der Waals surface area contributed by atoms with Crippen LogP contribution in [0.25, 0.3) is 0 Å². The topological polar surface area (TPSA) is 41.6 Å². The Balaban J connectivity index is 2.17. The summed E-state index contributed by atoms with van der Waals surface area (Å²) in [5.41, 5.74) is 0. The van der Waals surface area contributed by atoms with Gasteiger partial charge in [0, 0.05) is 26.3 Å². The molecule has 1 aliphatic heterocycles. The minimum absolute atomic E-state index is 0.0327. The van der Waals surface area contributed by atoms with E-state index in [0.29, 0.717) is 0 Å². The summed E-state index contributed by atoms with van der Waals surface area (Å²) < 4.78 is 5.41. The molecule has 0 aromatic rings. The van der Waals surface area contributed by atoms with Crippen molar-refractivity contribution in [3.8, 4) is 0 Å². The highest BCUT2D eigenvalue weighted by Crippen LogP contribution is 2.11. The van der Waals surface area contributed by atoms with Crippen molar-refractivity contribution in [1.82, 2.24) is 10.2 Å². The normalized spacial score (nSPS) is 21.5. The van der Waals surface area contributed by atoms with Crippen molar-refractivity contribution in [2.75, 3.05) is 33.4 Å². The van der Waals surface area contributed by atoms with Crippen LogP contribution in [0.2, 0.25) is 0 Å². The molecule has 4 nitrogen and oxygen atoms in total. The van der Waals surface area contributed by atoms with Crippen LogP contribution in [0.5, 0.6) is 0 Å². The van der Waals surface area contributed by atoms with Gasteiger partial charge in [-0.25, -0.2) is 0 Å². The Morgan fingerprint density at radius 3 is 3.00 bits per heavy atom. The van der Waals surface area contributed by atoms with Crippen LogP contribution >= 0.6 is 0 Å². The molecule has 4 heteroatoms. The number of rotatable bonds is 7. The van der Waals surface area contributed by atoms with Gasteiger partial charge in [0.15, 0.2) is 0 Å². The fourth-order valence-electron chi connectivity index (χ4n) is 2.03. The summed E-state index contributed by atoms with van der Waals surface area (Å²) in [6.07, 6.45) is 4.08. The van der Waals surface area contributed by atoms with E-state index < -0.39 is 0 Å². The van der Waals surface area contributed by atoms with Gasteiger partial charge in [0.1, 0.15) is 0 Å². The van der Waals surface area contributed by atoms with Gasteiger partial charge in [0.25, 0.3) is 0 Å². The molecule has 1 atom stereocenters. The molecule has 0 saturated carbocycles. The van der Waals surface area contributed by atoms with Crippen LogP contribution in [0.15, 0.2) is 0 Å². The number of hydrogen-bond acceptors (Lipinski definition) is 3. The van der Waals surface area contributed by atoms with Gasteiger partial charge in [0.2, 0.25) is 5.91 Å². The molecule has 0 radical (unpaired) electrons. The number of hydrogen-bond donors (Lipinski definition) is 1. The Kier molecular flexibility index (Phi) is 6.42. The lowest BCUT2D eigenvalue weighted by Gasteiger charge is -2.32. The standard InChI is InChI=1S/C12H24N2O2/c1-3-9-16-10-5-8-14-7-4-6-11(13-2)12(14)15/h11,13H,3-10H2,1-2H3. The fraction of sp³-hybridized carbons (Fsp3) is 0.917. The van der Waals surface area contributed by atoms with Crippen molar-refractivity contribution >= 4 is 5.91 Å². The highest BCUT2D eigenvalue weighted by atomic mass is 16.5. The first-order valence-electron chi connectivity index (χ1n) is 6.33. The number of amides is 1. The summed E-state index contributed by atoms with van der Waals surface area (Å²) in [6, 6.07) is 0.0327. The van der Waals surface area contributed by atoms with Crippen molar-refractivity contribution in [1.29, 1.82) is 0 Å². The first-order chi connectivity index (χ1) is 7.79. The van der Waals surface area contributed by atoms with E-state index in [1.54, 1.807) is 0 Å². The maximum atomic E-state index is 11.9. The maximum Gasteiger partial charge on any atom is 0.239 e. The van der Waals surface area contributed by atoms with Crippen molar-refractivity contribution < 1.29 is 9.53 Å². The molecule has 94 valence electrons. The van der Waals surface area contributed by atoms with Gasteiger partial charge in [-0.15, -0.1) is 0 Å². The van der Waals surface area contributed by atoms with Gasteiger partial charge in [-0.3, -0.25) is 4.79 Å². The van der Waals surface area contributed by atoms with Gasteiger partial charge in [-0.2, -0.15) is 0 Å². The van der Waals surface area contributed by atoms with E-state index in [-0.39, 0.29) is 11.9 Å². The third-order valence-corrected chi connectivity index (χ3v) is 2.94. The highest BCUT2D eigenvalue weighted by molar-refractivity contribution is 5.82. The molecule has 16 heavy (non-hydrogen) atoms. The Morgan fingerprint density at radius 1 is 1.50 bits per heavy atom. The third-order valence-electron chi connectivity index (χ3n) is 2.94. The molecule has 0 aromatic heterocycles. The lowest BCUT2D eigenvalue weighted by molar-refractivity contribution is -0.136. The average Bonchev–Trinajstić information content (AvgIpc) is 2.31. The van der Waals surface area contributed by atoms with Crippen LogP contribution in [0.1, 0.15) is 32.6 Å². The summed E-state index contributed by atoms with van der Waals surface area (Å²) in [6.45, 7) is 5.44. The lowest BCUT2D eigenvalue weighted by atomic mass is 10.0. The second kappa shape index (κ2) is 7.63. The minimum Gasteiger partial charge on any atom is -0.381 e. The largest absolute Gasteiger partial charge is 0.381 e. The van der Waals surface area contributed by atoms with Crippen LogP contribution in [0.3, 0.4) is 0 Å². The molecule has 1 amide bonds. The predicted molar refractivity (Wildman–Crippen MR) is 64.4 cm³/mol. The summed E-state index contributed by atoms with van der Waals surface area (Å²) in [5, 5.41) is 3.07. The number of likely N-dealkylation sites (N-methyl/N-ethyl adjacent to an activating group) is 1. The molecular formula is C12H24N2O2. The van der Waals surface area contributed by atoms with Gasteiger partial charge in [-0.1, -0.05) is 6.92 Å². The van der Waals surface area contributed by atoms with E-state index in [9.17, 15) is 4.79 Å². The molecule has 0 aromatic carbocycles. The van der Waals surface area contributed by atoms with Gasteiger partial charge >= 0.3 is 0 Å². The lowest BCUT2D eigenvalue weighted by Crippen LogP contribution is -2.49. The second-order valence-electron chi connectivity index (χ2n) is 4.27. The van der Waals surface area contributed by atoms with Crippen molar-refractivity contribution in [2.24, 2.45) is 0 Å². The van der Waals surface area contributed by atoms with E-state index in [4.69, 9.17) is 4.74 Å². The van der Waals surface area contributed by atoms with E-state index in [1.165, 1.54) is 0 Å². The number of nitrogens with zero attached hydrogens (tertiary/aromatic N) is 1.